The lowest BCUT2D eigenvalue weighted by Crippen LogP contribution is -2.21. The third-order valence-corrected chi connectivity index (χ3v) is 12.7. The number of aromatic nitrogens is 2. The molecule has 1 aliphatic heterocycles. The Labute approximate surface area is 393 Å². The van der Waals surface area contributed by atoms with Crippen LogP contribution in [0.1, 0.15) is 86.1 Å². The number of aromatic amines is 1. The first-order valence-electron chi connectivity index (χ1n) is 22.5. The molecule has 0 unspecified atom stereocenters. The maximum atomic E-state index is 13.3. The van der Waals surface area contributed by atoms with Gasteiger partial charge >= 0.3 is 0 Å². The Kier molecular flexibility index (Phi) is 24.1. The molecule has 17 heteroatoms. The van der Waals surface area contributed by atoms with Crippen molar-refractivity contribution in [3.63, 3.8) is 0 Å². The summed E-state index contributed by atoms with van der Waals surface area (Å²) in [7, 11) is -8.77. The van der Waals surface area contributed by atoms with Crippen LogP contribution in [0.5, 0.6) is 0 Å². The number of carbonyl (C=O) groups excluding carboxylic acids is 1. The second-order valence-electron chi connectivity index (χ2n) is 14.8. The zero-order valence-corrected chi connectivity index (χ0v) is 42.2. The van der Waals surface area contributed by atoms with Crippen LogP contribution < -0.4 is 10.6 Å². The van der Waals surface area contributed by atoms with Crippen LogP contribution in [-0.4, -0.2) is 121 Å². The average Bonchev–Trinajstić information content (AvgIpc) is 3.76. The van der Waals surface area contributed by atoms with Crippen molar-refractivity contribution in [1.82, 2.24) is 24.5 Å². The molecule has 0 saturated carbocycles. The molecule has 0 aliphatic carbocycles. The number of benzene rings is 3. The van der Waals surface area contributed by atoms with Crippen LogP contribution in [0.4, 0.5) is 5.69 Å². The van der Waals surface area contributed by atoms with Crippen LogP contribution in [0.15, 0.2) is 122 Å². The normalized spacial score (nSPS) is 13.7. The fourth-order valence-electron chi connectivity index (χ4n) is 6.59. The lowest BCUT2D eigenvalue weighted by molar-refractivity contribution is -0.114. The van der Waals surface area contributed by atoms with E-state index in [1.54, 1.807) is 38.2 Å². The molecule has 1 aromatic heterocycles. The van der Waals surface area contributed by atoms with Crippen molar-refractivity contribution in [3.8, 4) is 5.69 Å². The maximum absolute atomic E-state index is 13.3. The highest BCUT2D eigenvalue weighted by atomic mass is 32.2. The molecule has 362 valence electrons. The Hall–Kier alpha value is -5.27. The summed E-state index contributed by atoms with van der Waals surface area (Å²) >= 11 is 0. The summed E-state index contributed by atoms with van der Waals surface area (Å²) in [5.41, 5.74) is 3.38. The van der Waals surface area contributed by atoms with Gasteiger partial charge in [-0.2, -0.15) is 26.9 Å². The summed E-state index contributed by atoms with van der Waals surface area (Å²) in [5.74, 6) is -0.441. The van der Waals surface area contributed by atoms with Crippen molar-refractivity contribution in [2.45, 2.75) is 86.0 Å². The largest absolute Gasteiger partial charge is 0.304 e. The molecular formula is C49H71N7O8S2. The topological polar surface area (TPSA) is 189 Å². The summed E-state index contributed by atoms with van der Waals surface area (Å²) < 4.78 is 65.2. The number of allylic oxidation sites excluding steroid dienone is 4. The predicted molar refractivity (Wildman–Crippen MR) is 270 cm³/mol. The fourth-order valence-corrected chi connectivity index (χ4v) is 7.55. The number of nitrogens with one attached hydrogen (secondary N) is 1. The molecule has 0 spiro atoms. The summed E-state index contributed by atoms with van der Waals surface area (Å²) in [4.78, 5) is 33.1. The number of amides is 1. The van der Waals surface area contributed by atoms with Crippen molar-refractivity contribution >= 4 is 49.2 Å². The minimum Gasteiger partial charge on any atom is -0.304 e. The number of hydrazone groups is 1. The smallest absolute Gasteiger partial charge is 0.294 e. The van der Waals surface area contributed by atoms with Crippen molar-refractivity contribution < 1.29 is 30.7 Å². The van der Waals surface area contributed by atoms with E-state index in [9.17, 15) is 35.5 Å². The van der Waals surface area contributed by atoms with Crippen LogP contribution in [0, 0.1) is 6.92 Å². The van der Waals surface area contributed by atoms with Crippen molar-refractivity contribution in [1.29, 1.82) is 0 Å². The number of hydrogen-bond donors (Lipinski definition) is 3. The summed E-state index contributed by atoms with van der Waals surface area (Å²) in [5, 5.41) is 8.41. The zero-order valence-electron chi connectivity index (χ0n) is 40.5. The third kappa shape index (κ3) is 17.2. The second kappa shape index (κ2) is 28.0. The molecule has 0 fully saturated rings. The molecule has 0 saturated heterocycles. The first-order valence-corrected chi connectivity index (χ1v) is 25.4. The monoisotopic (exact) mass is 949 g/mol. The van der Waals surface area contributed by atoms with Gasteiger partial charge in [-0.15, -0.1) is 0 Å². The van der Waals surface area contributed by atoms with Gasteiger partial charge in [-0.05, 0) is 145 Å². The third-order valence-electron chi connectivity index (χ3n) is 10.9. The molecule has 4 aromatic rings. The van der Waals surface area contributed by atoms with Gasteiger partial charge in [0.2, 0.25) is 0 Å². The summed E-state index contributed by atoms with van der Waals surface area (Å²) in [6.45, 7) is 33.8. The summed E-state index contributed by atoms with van der Waals surface area (Å²) in [6.07, 6.45) is 6.69. The minimum atomic E-state index is -4.39. The average molecular weight is 950 g/mol. The van der Waals surface area contributed by atoms with E-state index in [0.717, 1.165) is 10.6 Å². The SMILES string of the molecule is CC1=NN(c2ccc(S(=O)(=O)O)cc2)C(=O)/C1=C/C=C(/C=C/c1c(C)[nH]n(-c2ccc(S(=O)(=O)O)cc2)c1=O)c1ccccc1.CCN(CC)CC.CCN(CC)CC.CCN(CC)CC. The zero-order chi connectivity index (χ0) is 49.6. The molecule has 0 bridgehead atoms. The van der Waals surface area contributed by atoms with Crippen molar-refractivity contribution in [2.75, 3.05) is 63.9 Å². The van der Waals surface area contributed by atoms with Crippen molar-refractivity contribution in [2.24, 2.45) is 5.10 Å². The molecule has 5 rings (SSSR count). The van der Waals surface area contributed by atoms with Gasteiger partial charge in [0.05, 0.1) is 38.0 Å². The molecule has 15 nitrogen and oxygen atoms in total. The van der Waals surface area contributed by atoms with Gasteiger partial charge in [-0.25, -0.2) is 4.68 Å². The Balaban J connectivity index is 0.000000589. The number of aryl methyl sites for hydroxylation is 1. The number of hydrogen-bond acceptors (Lipinski definition) is 10. The van der Waals surface area contributed by atoms with E-state index in [4.69, 9.17) is 0 Å². The van der Waals surface area contributed by atoms with Crippen LogP contribution in [0.3, 0.4) is 0 Å². The van der Waals surface area contributed by atoms with E-state index in [2.05, 4.69) is 87.2 Å². The Morgan fingerprint density at radius 1 is 0.621 bits per heavy atom. The predicted octanol–water partition coefficient (Wildman–Crippen LogP) is 8.46. The first-order chi connectivity index (χ1) is 31.3. The van der Waals surface area contributed by atoms with Gasteiger partial charge < -0.3 is 14.7 Å². The highest BCUT2D eigenvalue weighted by molar-refractivity contribution is 7.86. The molecule has 1 amide bonds. The number of rotatable bonds is 17. The van der Waals surface area contributed by atoms with Gasteiger partial charge in [0.25, 0.3) is 31.7 Å². The maximum Gasteiger partial charge on any atom is 0.294 e. The molecule has 0 radical (unpaired) electrons. The molecular weight excluding hydrogens is 879 g/mol. The van der Waals surface area contributed by atoms with E-state index >= 15 is 0 Å². The molecule has 0 atom stereocenters. The van der Waals surface area contributed by atoms with Crippen LogP contribution in [0.25, 0.3) is 17.3 Å². The molecule has 3 N–H and O–H groups in total. The number of H-pyrrole nitrogens is 1. The quantitative estimate of drug-likeness (QED) is 0.0523. The van der Waals surface area contributed by atoms with Crippen LogP contribution in [0.2, 0.25) is 0 Å². The highest BCUT2D eigenvalue weighted by Crippen LogP contribution is 2.26. The van der Waals surface area contributed by atoms with E-state index in [1.807, 2.05) is 30.3 Å². The molecule has 1 aliphatic rings. The lowest BCUT2D eigenvalue weighted by Gasteiger charge is -2.13. The number of anilines is 1. The van der Waals surface area contributed by atoms with Gasteiger partial charge in [0.15, 0.2) is 0 Å². The number of carbonyl (C=O) groups is 1. The Morgan fingerprint density at radius 2 is 1.03 bits per heavy atom. The minimum absolute atomic E-state index is 0.296. The van der Waals surface area contributed by atoms with Gasteiger partial charge in [-0.3, -0.25) is 23.8 Å². The summed E-state index contributed by atoms with van der Waals surface area (Å²) in [6, 6.07) is 19.5. The first kappa shape index (κ1) is 56.9. The molecule has 66 heavy (non-hydrogen) atoms. The van der Waals surface area contributed by atoms with Gasteiger partial charge in [0.1, 0.15) is 0 Å². The van der Waals surface area contributed by atoms with E-state index in [-0.39, 0.29) is 9.79 Å². The number of nitrogens with zero attached hydrogens (tertiary/aromatic N) is 6. The van der Waals surface area contributed by atoms with E-state index in [0.29, 0.717) is 39.5 Å². The lowest BCUT2D eigenvalue weighted by atomic mass is 10.0. The van der Waals surface area contributed by atoms with Crippen LogP contribution >= 0.6 is 0 Å². The van der Waals surface area contributed by atoms with E-state index in [1.165, 1.54) is 112 Å². The van der Waals surface area contributed by atoms with Gasteiger partial charge in [-0.1, -0.05) is 105 Å². The molecule has 3 aromatic carbocycles. The molecule has 2 heterocycles. The van der Waals surface area contributed by atoms with Crippen LogP contribution in [-0.2, 0) is 25.0 Å². The Bertz CT molecular complexity index is 2470. The highest BCUT2D eigenvalue weighted by Gasteiger charge is 2.28. The second-order valence-corrected chi connectivity index (χ2v) is 17.6. The van der Waals surface area contributed by atoms with Gasteiger partial charge in [0, 0.05) is 5.69 Å². The van der Waals surface area contributed by atoms with E-state index < -0.39 is 31.7 Å². The Morgan fingerprint density at radius 3 is 1.41 bits per heavy atom. The fraction of sp³-hybridized carbons (Fsp3) is 0.408. The standard InChI is InChI=1S/C31H26N4O8S2.3C6H15N/c1-20-28(30(36)34(32-20)24-10-14-26(15-11-24)44(38,39)40)18-8-23(22-6-4-3-5-7-22)9-19-29-21(2)33-35(31(29)37)25-12-16-27(17-13-25)45(41,42)43;3*1-4-7(5-2)6-3/h3-19,32H,1-2H3,(H,38,39,40)(H,41,42,43);3*4-6H2,1-3H3/b18-8+,23-9-,29-19+;;;. The van der Waals surface area contributed by atoms with Crippen molar-refractivity contribution in [3.05, 3.63) is 130 Å².